The standard InChI is InChI=1S/C26H19F4N7OS.C23H16ClF4N5OS.C3H5BN2O2/c1-4-20-33-21-16(22(34-20)19-7-8-32-35-19)9-15(11-18(21)27)37-24(39)36(23(38)25(37,2)3)14-6-5-13(12-31)17(10-14)26(28,29)30;1-4-17-30-18-14(19(24)31-17)7-13(9-16(18)25)33-21(35)32(20(34)22(33,2)3)12-6-5-11(10-29)15(8-12)23(26,27)28;7-4(8)3-1-2-5-6-3/h5-11H,4H2,1-3H3,(H,32,35);5-9H,4H2,1-3H3;1-2,7-8H,(H,5,6). The molecule has 10 rings (SSSR count). The van der Waals surface area contributed by atoms with E-state index in [4.69, 9.17) is 56.6 Å². The van der Waals surface area contributed by atoms with Gasteiger partial charge in [-0.15, -0.1) is 0 Å². The van der Waals surface area contributed by atoms with Gasteiger partial charge in [0, 0.05) is 47.4 Å². The number of halogens is 9. The molecule has 0 saturated carbocycles. The van der Waals surface area contributed by atoms with Gasteiger partial charge in [0.25, 0.3) is 11.8 Å². The summed E-state index contributed by atoms with van der Waals surface area (Å²) in [5.41, 5.74) is -5.08. The summed E-state index contributed by atoms with van der Waals surface area (Å²) >= 11 is 17.3. The van der Waals surface area contributed by atoms with Gasteiger partial charge in [0.05, 0.1) is 62.7 Å². The lowest BCUT2D eigenvalue weighted by Crippen LogP contribution is -2.44. The van der Waals surface area contributed by atoms with Crippen LogP contribution in [0.4, 0.5) is 57.9 Å². The Bertz CT molecular complexity index is 3970. The van der Waals surface area contributed by atoms with Crippen LogP contribution in [-0.2, 0) is 34.8 Å². The van der Waals surface area contributed by atoms with Crippen LogP contribution in [0.15, 0.2) is 85.2 Å². The number of anilines is 4. The highest BCUT2D eigenvalue weighted by Crippen LogP contribution is 2.44. The summed E-state index contributed by atoms with van der Waals surface area (Å²) in [6.07, 6.45) is -5.78. The quantitative estimate of drug-likeness (QED) is 0.0479. The van der Waals surface area contributed by atoms with E-state index in [0.29, 0.717) is 59.0 Å². The summed E-state index contributed by atoms with van der Waals surface area (Å²) in [6, 6.07) is 17.3. The second kappa shape index (κ2) is 22.4. The van der Waals surface area contributed by atoms with Gasteiger partial charge in [0.2, 0.25) is 0 Å². The maximum atomic E-state index is 15.6. The molecule has 2 aliphatic heterocycles. The number of thiocarbonyl (C=S) groups is 2. The van der Waals surface area contributed by atoms with Crippen molar-refractivity contribution in [3.63, 3.8) is 0 Å². The van der Waals surface area contributed by atoms with E-state index in [1.165, 1.54) is 92.4 Å². The maximum absolute atomic E-state index is 15.6. The van der Waals surface area contributed by atoms with Gasteiger partial charge in [0.15, 0.2) is 21.9 Å². The number of rotatable bonds is 8. The smallest absolute Gasteiger partial charge is 0.422 e. The first-order chi connectivity index (χ1) is 38.5. The Morgan fingerprint density at radius 3 is 1.46 bits per heavy atom. The highest BCUT2D eigenvalue weighted by Gasteiger charge is 2.52. The van der Waals surface area contributed by atoms with Crippen molar-refractivity contribution >= 4 is 115 Å². The molecule has 0 atom stereocenters. The predicted molar refractivity (Wildman–Crippen MR) is 294 cm³/mol. The fourth-order valence-electron chi connectivity index (χ4n) is 8.90. The number of aryl methyl sites for hydroxylation is 2. The average Bonchev–Trinajstić information content (AvgIpc) is 4.00. The summed E-state index contributed by atoms with van der Waals surface area (Å²) in [5, 5.41) is 47.9. The summed E-state index contributed by atoms with van der Waals surface area (Å²) in [4.78, 5) is 48.7. The molecule has 8 aromatic rings. The van der Waals surface area contributed by atoms with E-state index in [1.807, 2.05) is 6.92 Å². The highest BCUT2D eigenvalue weighted by atomic mass is 35.5. The minimum absolute atomic E-state index is 0.00128. The van der Waals surface area contributed by atoms with Crippen molar-refractivity contribution in [2.75, 3.05) is 19.6 Å². The van der Waals surface area contributed by atoms with E-state index in [1.54, 1.807) is 19.1 Å². The fourth-order valence-corrected chi connectivity index (χ4v) is 10.2. The highest BCUT2D eigenvalue weighted by molar-refractivity contribution is 7.81. The van der Waals surface area contributed by atoms with Crippen LogP contribution < -0.4 is 25.2 Å². The topological polar surface area (TPSA) is 244 Å². The van der Waals surface area contributed by atoms with Crippen LogP contribution in [0, 0.1) is 34.3 Å². The van der Waals surface area contributed by atoms with E-state index in [2.05, 4.69) is 40.3 Å². The van der Waals surface area contributed by atoms with E-state index in [9.17, 15) is 35.9 Å². The number of nitrogens with zero attached hydrogens (tertiary/aromatic N) is 12. The fraction of sp³-hybridized carbons (Fsp3) is 0.231. The van der Waals surface area contributed by atoms with Crippen molar-refractivity contribution in [2.24, 2.45) is 0 Å². The number of carbonyl (C=O) groups is 2. The number of nitrogens with one attached hydrogen (secondary N) is 2. The molecule has 4 N–H and O–H groups in total. The molecule has 0 unspecified atom stereocenters. The molecule has 2 fully saturated rings. The maximum Gasteiger partial charge on any atom is 0.507 e. The van der Waals surface area contributed by atoms with E-state index in [-0.39, 0.29) is 54.5 Å². The Morgan fingerprint density at radius 1 is 0.634 bits per heavy atom. The SMILES string of the molecule is CCc1nc(-c2ccn[nH]2)c2cc(N3C(=S)N(c4ccc(C#N)c(C(F)(F)F)c4)C(=O)C3(C)C)cc(F)c2n1.CCc1nc(Cl)c2cc(N3C(=S)N(c4ccc(C#N)c(C(F)(F)F)c4)C(=O)C3(C)C)cc(F)c2n1.OB(O)c1ccn[nH]1. The molecule has 420 valence electrons. The van der Waals surface area contributed by atoms with Crippen molar-refractivity contribution in [3.05, 3.63) is 136 Å². The number of hydrogen-bond donors (Lipinski definition) is 4. The third-order valence-corrected chi connectivity index (χ3v) is 14.0. The van der Waals surface area contributed by atoms with Gasteiger partial charge in [-0.3, -0.25) is 29.6 Å². The molecule has 18 nitrogen and oxygen atoms in total. The van der Waals surface area contributed by atoms with Crippen LogP contribution in [0.1, 0.15) is 75.4 Å². The Morgan fingerprint density at radius 2 is 1.07 bits per heavy atom. The zero-order valence-corrected chi connectivity index (χ0v) is 45.8. The molecule has 2 saturated heterocycles. The number of carbonyl (C=O) groups excluding carboxylic acids is 2. The Balaban J connectivity index is 0.000000190. The summed E-state index contributed by atoms with van der Waals surface area (Å²) < 4.78 is 112. The van der Waals surface area contributed by atoms with Gasteiger partial charge in [-0.2, -0.15) is 47.1 Å². The molecule has 0 aliphatic carbocycles. The van der Waals surface area contributed by atoms with Gasteiger partial charge >= 0.3 is 19.5 Å². The van der Waals surface area contributed by atoms with Crippen LogP contribution >= 0.6 is 36.0 Å². The van der Waals surface area contributed by atoms with Crippen molar-refractivity contribution < 1.29 is 54.8 Å². The van der Waals surface area contributed by atoms with Crippen LogP contribution in [0.2, 0.25) is 5.15 Å². The van der Waals surface area contributed by atoms with Crippen LogP contribution in [0.3, 0.4) is 0 Å². The molecule has 6 heterocycles. The number of amides is 2. The Labute approximate surface area is 475 Å². The van der Waals surface area contributed by atoms with Gasteiger partial charge in [-0.05, 0) is 125 Å². The minimum atomic E-state index is -4.83. The van der Waals surface area contributed by atoms with E-state index < -0.39 is 76.3 Å². The number of nitriles is 2. The molecule has 4 aromatic heterocycles. The molecular formula is C52H40BClF8N14O4S2. The lowest BCUT2D eigenvalue weighted by Gasteiger charge is -2.29. The zero-order valence-electron chi connectivity index (χ0n) is 43.4. The van der Waals surface area contributed by atoms with Gasteiger partial charge in [0.1, 0.15) is 38.9 Å². The van der Waals surface area contributed by atoms with Gasteiger partial charge in [-0.25, -0.2) is 28.7 Å². The van der Waals surface area contributed by atoms with Crippen molar-refractivity contribution in [1.82, 2.24) is 40.3 Å². The number of aromatic amines is 2. The molecule has 30 heteroatoms. The molecule has 2 aliphatic rings. The largest absolute Gasteiger partial charge is 0.507 e. The lowest BCUT2D eigenvalue weighted by atomic mass is 9.87. The monoisotopic (exact) mass is 1190 g/mol. The molecule has 4 aromatic carbocycles. The number of hydrogen-bond acceptors (Lipinski definition) is 14. The third kappa shape index (κ3) is 11.0. The molecule has 2 amide bonds. The summed E-state index contributed by atoms with van der Waals surface area (Å²) in [6.45, 7) is 9.72. The zero-order chi connectivity index (χ0) is 60.1. The molecular weight excluding hydrogens is 1150 g/mol. The molecule has 82 heavy (non-hydrogen) atoms. The number of H-pyrrole nitrogens is 2. The second-order valence-corrected chi connectivity index (χ2v) is 20.0. The minimum Gasteiger partial charge on any atom is -0.422 e. The average molecular weight is 1190 g/mol. The number of alkyl halides is 6. The summed E-state index contributed by atoms with van der Waals surface area (Å²) in [7, 11) is -1.43. The van der Waals surface area contributed by atoms with E-state index >= 15 is 8.78 Å². The van der Waals surface area contributed by atoms with E-state index in [0.717, 1.165) is 28.0 Å². The van der Waals surface area contributed by atoms with Gasteiger partial charge < -0.3 is 19.8 Å². The van der Waals surface area contributed by atoms with Crippen LogP contribution in [0.5, 0.6) is 0 Å². The third-order valence-electron chi connectivity index (χ3n) is 12.9. The predicted octanol–water partition coefficient (Wildman–Crippen LogP) is 9.41. The number of benzene rings is 4. The lowest BCUT2D eigenvalue weighted by molar-refractivity contribution is -0.138. The normalized spacial score (nSPS) is 14.9. The van der Waals surface area contributed by atoms with Crippen molar-refractivity contribution in [1.29, 1.82) is 10.5 Å². The molecule has 0 bridgehead atoms. The van der Waals surface area contributed by atoms with Crippen molar-refractivity contribution in [3.8, 4) is 23.5 Å². The molecule has 0 radical (unpaired) electrons. The number of fused-ring (bicyclic) bond motifs is 2. The van der Waals surface area contributed by atoms with Crippen LogP contribution in [-0.4, -0.2) is 90.6 Å². The first kappa shape index (κ1) is 59.5. The second-order valence-electron chi connectivity index (χ2n) is 18.9. The van der Waals surface area contributed by atoms with Crippen LogP contribution in [0.25, 0.3) is 33.2 Å². The molecule has 0 spiro atoms. The van der Waals surface area contributed by atoms with Gasteiger partial charge in [-0.1, -0.05) is 25.4 Å². The summed E-state index contributed by atoms with van der Waals surface area (Å²) in [5.74, 6) is -1.91. The Kier molecular flexibility index (Phi) is 16.2. The first-order valence-electron chi connectivity index (χ1n) is 24.1. The first-order valence-corrected chi connectivity index (χ1v) is 25.3. The van der Waals surface area contributed by atoms with Crippen molar-refractivity contribution in [2.45, 2.75) is 77.8 Å². The Hall–Kier alpha value is -8.61. The number of aromatic nitrogens is 8.